The van der Waals surface area contributed by atoms with Crippen molar-refractivity contribution >= 4 is 22.6 Å². The molecule has 0 aliphatic heterocycles. The summed E-state index contributed by atoms with van der Waals surface area (Å²) in [4.78, 5) is 4.68. The first-order valence-corrected chi connectivity index (χ1v) is 6.78. The Kier molecular flexibility index (Phi) is 4.74. The van der Waals surface area contributed by atoms with Gasteiger partial charge in [-0.05, 0) is 23.4 Å². The van der Waals surface area contributed by atoms with E-state index in [1.807, 2.05) is 0 Å². The minimum absolute atomic E-state index is 0.112. The lowest BCUT2D eigenvalue weighted by atomic mass is 10.2. The van der Waals surface area contributed by atoms with Gasteiger partial charge in [0.15, 0.2) is 0 Å². The number of ether oxygens (including phenoxy) is 1. The molecule has 2 rings (SSSR count). The van der Waals surface area contributed by atoms with Gasteiger partial charge in [0.05, 0.1) is 11.7 Å². The van der Waals surface area contributed by atoms with Crippen LogP contribution in [0.15, 0.2) is 18.2 Å². The lowest BCUT2D eigenvalue weighted by Gasteiger charge is -2.04. The van der Waals surface area contributed by atoms with Crippen LogP contribution >= 0.6 is 11.6 Å². The molecule has 0 atom stereocenters. The van der Waals surface area contributed by atoms with Crippen LogP contribution in [-0.2, 0) is 0 Å². The van der Waals surface area contributed by atoms with E-state index in [9.17, 15) is 5.21 Å². The molecule has 1 aromatic heterocycles. The zero-order valence-electron chi connectivity index (χ0n) is 10.8. The summed E-state index contributed by atoms with van der Waals surface area (Å²) < 4.78 is 5.40. The van der Waals surface area contributed by atoms with Crippen molar-refractivity contribution in [2.24, 2.45) is 0 Å². The fourth-order valence-electron chi connectivity index (χ4n) is 1.75. The van der Waals surface area contributed by atoms with Crippen molar-refractivity contribution in [2.75, 3.05) is 6.61 Å². The van der Waals surface area contributed by atoms with Crippen molar-refractivity contribution in [2.45, 2.75) is 32.6 Å². The first-order valence-electron chi connectivity index (χ1n) is 6.40. The monoisotopic (exact) mass is 281 g/mol. The number of hydrogen-bond donors (Lipinski definition) is 0. The fraction of sp³-hybridized carbons (Fsp3) is 0.462. The van der Waals surface area contributed by atoms with Crippen LogP contribution in [0, 0.1) is 5.21 Å². The van der Waals surface area contributed by atoms with Crippen molar-refractivity contribution in [3.8, 4) is 6.01 Å². The topological polar surface area (TPSA) is 62.0 Å². The second-order valence-corrected chi connectivity index (χ2v) is 4.75. The summed E-state index contributed by atoms with van der Waals surface area (Å²) in [7, 11) is 0. The Morgan fingerprint density at radius 3 is 2.95 bits per heavy atom. The smallest absolute Gasteiger partial charge is 0.381 e. The van der Waals surface area contributed by atoms with E-state index in [0.29, 0.717) is 27.5 Å². The Morgan fingerprint density at radius 2 is 2.16 bits per heavy atom. The molecular formula is C13H16ClN3O2. The van der Waals surface area contributed by atoms with E-state index in [-0.39, 0.29) is 6.01 Å². The molecule has 0 aliphatic carbocycles. The predicted octanol–water partition coefficient (Wildman–Crippen LogP) is 2.88. The highest BCUT2D eigenvalue weighted by Gasteiger charge is 2.12. The van der Waals surface area contributed by atoms with Gasteiger partial charge in [0.2, 0.25) is 0 Å². The van der Waals surface area contributed by atoms with E-state index in [1.54, 1.807) is 12.1 Å². The second-order valence-electron chi connectivity index (χ2n) is 4.31. The molecular weight excluding hydrogens is 266 g/mol. The summed E-state index contributed by atoms with van der Waals surface area (Å²) in [5.74, 6) is 0. The quantitative estimate of drug-likeness (QED) is 0.464. The Labute approximate surface area is 116 Å². The van der Waals surface area contributed by atoms with Gasteiger partial charge >= 0.3 is 6.01 Å². The van der Waals surface area contributed by atoms with Crippen LogP contribution in [-0.4, -0.2) is 16.7 Å². The SMILES string of the molecule is CCCCCCOc1nc2ccc(Cl)cc2[n+]([O-])n1. The van der Waals surface area contributed by atoms with Gasteiger partial charge in [-0.15, -0.1) is 0 Å². The summed E-state index contributed by atoms with van der Waals surface area (Å²) in [6.45, 7) is 2.68. The third kappa shape index (κ3) is 3.67. The zero-order chi connectivity index (χ0) is 13.7. The van der Waals surface area contributed by atoms with E-state index >= 15 is 0 Å². The van der Waals surface area contributed by atoms with Crippen molar-refractivity contribution in [3.05, 3.63) is 28.4 Å². The number of benzene rings is 1. The standard InChI is InChI=1S/C13H16ClN3O2/c1-2-3-4-5-8-19-13-15-11-7-6-10(14)9-12(11)17(18)16-13/h6-7,9H,2-5,8H2,1H3. The van der Waals surface area contributed by atoms with Crippen molar-refractivity contribution in [1.82, 2.24) is 10.1 Å². The molecule has 0 amide bonds. The molecule has 19 heavy (non-hydrogen) atoms. The van der Waals surface area contributed by atoms with Crippen LogP contribution in [0.2, 0.25) is 5.02 Å². The third-order valence-corrected chi connectivity index (χ3v) is 3.00. The van der Waals surface area contributed by atoms with Gasteiger partial charge < -0.3 is 9.94 Å². The number of rotatable bonds is 6. The molecule has 1 aromatic carbocycles. The molecule has 2 aromatic rings. The Hall–Kier alpha value is -1.62. The fourth-order valence-corrected chi connectivity index (χ4v) is 1.92. The van der Waals surface area contributed by atoms with Gasteiger partial charge in [0, 0.05) is 11.1 Å². The average Bonchev–Trinajstić information content (AvgIpc) is 2.39. The summed E-state index contributed by atoms with van der Waals surface area (Å²) in [6, 6.07) is 5.01. The van der Waals surface area contributed by atoms with Crippen LogP contribution in [0.1, 0.15) is 32.6 Å². The minimum Gasteiger partial charge on any atom is -0.594 e. The van der Waals surface area contributed by atoms with Gasteiger partial charge in [0.1, 0.15) is 5.52 Å². The maximum absolute atomic E-state index is 11.7. The lowest BCUT2D eigenvalue weighted by molar-refractivity contribution is -0.643. The molecule has 0 spiro atoms. The highest BCUT2D eigenvalue weighted by molar-refractivity contribution is 6.31. The number of hydrogen-bond acceptors (Lipinski definition) is 4. The molecule has 0 N–H and O–H groups in total. The molecule has 0 unspecified atom stereocenters. The first-order chi connectivity index (χ1) is 9.20. The average molecular weight is 282 g/mol. The molecule has 0 aliphatic rings. The number of unbranched alkanes of at least 4 members (excludes halogenated alkanes) is 3. The molecule has 0 saturated heterocycles. The summed E-state index contributed by atoms with van der Waals surface area (Å²) >= 11 is 5.82. The number of nitrogens with zero attached hydrogens (tertiary/aromatic N) is 3. The molecule has 0 saturated carbocycles. The van der Waals surface area contributed by atoms with Crippen LogP contribution in [0.25, 0.3) is 11.0 Å². The summed E-state index contributed by atoms with van der Waals surface area (Å²) in [5.41, 5.74) is 0.865. The molecule has 102 valence electrons. The van der Waals surface area contributed by atoms with E-state index in [0.717, 1.165) is 12.8 Å². The maximum Gasteiger partial charge on any atom is 0.381 e. The Bertz CT molecular complexity index is 563. The van der Waals surface area contributed by atoms with Crippen molar-refractivity contribution in [3.63, 3.8) is 0 Å². The second kappa shape index (κ2) is 6.52. The minimum atomic E-state index is 0.112. The highest BCUT2D eigenvalue weighted by Crippen LogP contribution is 2.15. The summed E-state index contributed by atoms with van der Waals surface area (Å²) in [5, 5.41) is 15.9. The van der Waals surface area contributed by atoms with Gasteiger partial charge in [-0.3, -0.25) is 0 Å². The highest BCUT2D eigenvalue weighted by atomic mass is 35.5. The number of aromatic nitrogens is 3. The number of fused-ring (bicyclic) bond motifs is 1. The van der Waals surface area contributed by atoms with Crippen molar-refractivity contribution in [1.29, 1.82) is 0 Å². The molecule has 0 fully saturated rings. The van der Waals surface area contributed by atoms with Gasteiger partial charge in [-0.2, -0.15) is 4.98 Å². The first kappa shape index (κ1) is 13.8. The van der Waals surface area contributed by atoms with E-state index < -0.39 is 0 Å². The van der Waals surface area contributed by atoms with E-state index in [4.69, 9.17) is 16.3 Å². The maximum atomic E-state index is 11.7. The predicted molar refractivity (Wildman–Crippen MR) is 73.1 cm³/mol. The molecule has 5 nitrogen and oxygen atoms in total. The van der Waals surface area contributed by atoms with Crippen molar-refractivity contribution < 1.29 is 9.58 Å². The number of halogens is 1. The van der Waals surface area contributed by atoms with Gasteiger partial charge in [-0.1, -0.05) is 37.8 Å². The van der Waals surface area contributed by atoms with Crippen LogP contribution in [0.4, 0.5) is 0 Å². The Balaban J connectivity index is 2.06. The van der Waals surface area contributed by atoms with E-state index in [1.165, 1.54) is 18.9 Å². The molecule has 0 radical (unpaired) electrons. The molecule has 0 bridgehead atoms. The van der Waals surface area contributed by atoms with Gasteiger partial charge in [0.25, 0.3) is 5.52 Å². The zero-order valence-corrected chi connectivity index (χ0v) is 11.6. The van der Waals surface area contributed by atoms with E-state index in [2.05, 4.69) is 17.0 Å². The van der Waals surface area contributed by atoms with Crippen LogP contribution < -0.4 is 9.58 Å². The lowest BCUT2D eigenvalue weighted by Crippen LogP contribution is -2.33. The van der Waals surface area contributed by atoms with Gasteiger partial charge in [-0.25, -0.2) is 0 Å². The molecule has 6 heteroatoms. The van der Waals surface area contributed by atoms with Crippen LogP contribution in [0.3, 0.4) is 0 Å². The normalized spacial score (nSPS) is 10.8. The third-order valence-electron chi connectivity index (χ3n) is 2.77. The summed E-state index contributed by atoms with van der Waals surface area (Å²) in [6.07, 6.45) is 4.40. The largest absolute Gasteiger partial charge is 0.594 e. The molecule has 1 heterocycles. The van der Waals surface area contributed by atoms with Crippen LogP contribution in [0.5, 0.6) is 6.01 Å². The Morgan fingerprint density at radius 1 is 1.32 bits per heavy atom.